The van der Waals surface area contributed by atoms with Gasteiger partial charge in [0.2, 0.25) is 0 Å². The SMILES string of the molecule is CCS(=O)(=O)CCNC(=O)c1sc(N2CCCC2)nc1N. The number of anilines is 2. The number of amides is 1. The van der Waals surface area contributed by atoms with Crippen LogP contribution in [0.4, 0.5) is 10.9 Å². The maximum absolute atomic E-state index is 12.0. The Morgan fingerprint density at radius 2 is 2.10 bits per heavy atom. The largest absolute Gasteiger partial charge is 0.382 e. The van der Waals surface area contributed by atoms with Gasteiger partial charge >= 0.3 is 0 Å². The highest BCUT2D eigenvalue weighted by atomic mass is 32.2. The lowest BCUT2D eigenvalue weighted by atomic mass is 10.4. The van der Waals surface area contributed by atoms with E-state index < -0.39 is 9.84 Å². The van der Waals surface area contributed by atoms with Gasteiger partial charge in [-0.1, -0.05) is 18.3 Å². The number of nitrogen functional groups attached to an aromatic ring is 1. The molecule has 0 unspecified atom stereocenters. The van der Waals surface area contributed by atoms with E-state index in [1.165, 1.54) is 11.3 Å². The standard InChI is InChI=1S/C12H20N4O3S2/c1-2-21(18,19)8-5-14-11(17)9-10(13)15-12(20-9)16-6-3-4-7-16/h2-8,13H2,1H3,(H,14,17). The first-order valence-electron chi connectivity index (χ1n) is 6.93. The molecule has 2 rings (SSSR count). The summed E-state index contributed by atoms with van der Waals surface area (Å²) in [5.41, 5.74) is 5.79. The summed E-state index contributed by atoms with van der Waals surface area (Å²) < 4.78 is 22.7. The molecule has 7 nitrogen and oxygen atoms in total. The topological polar surface area (TPSA) is 105 Å². The second-order valence-electron chi connectivity index (χ2n) is 4.90. The predicted molar refractivity (Wildman–Crippen MR) is 84.6 cm³/mol. The zero-order valence-corrected chi connectivity index (χ0v) is 13.6. The van der Waals surface area contributed by atoms with Gasteiger partial charge in [0, 0.05) is 25.4 Å². The Labute approximate surface area is 128 Å². The zero-order chi connectivity index (χ0) is 15.5. The van der Waals surface area contributed by atoms with Crippen molar-refractivity contribution in [3.05, 3.63) is 4.88 Å². The van der Waals surface area contributed by atoms with E-state index in [0.717, 1.165) is 31.1 Å². The molecule has 0 aliphatic carbocycles. The molecular formula is C12H20N4O3S2. The molecule has 1 aromatic rings. The average molecular weight is 332 g/mol. The monoisotopic (exact) mass is 332 g/mol. The summed E-state index contributed by atoms with van der Waals surface area (Å²) in [6.07, 6.45) is 2.24. The van der Waals surface area contributed by atoms with Crippen LogP contribution >= 0.6 is 11.3 Å². The predicted octanol–water partition coefficient (Wildman–Crippen LogP) is 0.490. The second kappa shape index (κ2) is 6.61. The van der Waals surface area contributed by atoms with Crippen LogP contribution in [0, 0.1) is 0 Å². The fourth-order valence-corrected chi connectivity index (χ4v) is 3.73. The molecule has 0 saturated carbocycles. The Kier molecular flexibility index (Phi) is 5.04. The summed E-state index contributed by atoms with van der Waals surface area (Å²) in [5.74, 6) is -0.142. The van der Waals surface area contributed by atoms with Gasteiger partial charge in [-0.2, -0.15) is 0 Å². The van der Waals surface area contributed by atoms with Gasteiger partial charge in [0.15, 0.2) is 15.0 Å². The summed E-state index contributed by atoms with van der Waals surface area (Å²) >= 11 is 1.26. The Balaban J connectivity index is 1.96. The number of sulfone groups is 1. The lowest BCUT2D eigenvalue weighted by molar-refractivity contribution is 0.0961. The van der Waals surface area contributed by atoms with Crippen LogP contribution in [0.2, 0.25) is 0 Å². The first kappa shape index (κ1) is 16.0. The van der Waals surface area contributed by atoms with Crippen molar-refractivity contribution >= 4 is 38.0 Å². The van der Waals surface area contributed by atoms with Crippen LogP contribution in [-0.4, -0.2) is 50.4 Å². The Bertz CT molecular complexity index is 606. The molecule has 1 aliphatic heterocycles. The zero-order valence-electron chi connectivity index (χ0n) is 12.0. The summed E-state index contributed by atoms with van der Waals surface area (Å²) in [4.78, 5) is 18.7. The minimum atomic E-state index is -3.08. The lowest BCUT2D eigenvalue weighted by Gasteiger charge is -2.11. The van der Waals surface area contributed by atoms with Crippen molar-refractivity contribution in [3.8, 4) is 0 Å². The van der Waals surface area contributed by atoms with Crippen molar-refractivity contribution in [2.45, 2.75) is 19.8 Å². The van der Waals surface area contributed by atoms with Crippen LogP contribution in [0.5, 0.6) is 0 Å². The van der Waals surface area contributed by atoms with Gasteiger partial charge in [0.05, 0.1) is 5.75 Å². The molecule has 0 bridgehead atoms. The minimum absolute atomic E-state index is 0.0626. The fraction of sp³-hybridized carbons (Fsp3) is 0.667. The number of aromatic nitrogens is 1. The number of carbonyl (C=O) groups is 1. The van der Waals surface area contributed by atoms with Crippen LogP contribution in [0.3, 0.4) is 0 Å². The van der Waals surface area contributed by atoms with Gasteiger partial charge in [-0.05, 0) is 12.8 Å². The first-order chi connectivity index (χ1) is 9.93. The number of nitrogens with one attached hydrogen (secondary N) is 1. The van der Waals surface area contributed by atoms with Gasteiger partial charge in [-0.25, -0.2) is 13.4 Å². The van der Waals surface area contributed by atoms with Crippen molar-refractivity contribution < 1.29 is 13.2 Å². The highest BCUT2D eigenvalue weighted by molar-refractivity contribution is 7.91. The third-order valence-electron chi connectivity index (χ3n) is 3.36. The second-order valence-corrected chi connectivity index (χ2v) is 8.35. The van der Waals surface area contributed by atoms with Crippen molar-refractivity contribution in [2.24, 2.45) is 0 Å². The first-order valence-corrected chi connectivity index (χ1v) is 9.56. The van der Waals surface area contributed by atoms with Gasteiger partial charge in [-0.15, -0.1) is 0 Å². The van der Waals surface area contributed by atoms with Crippen molar-refractivity contribution in [3.63, 3.8) is 0 Å². The highest BCUT2D eigenvalue weighted by Crippen LogP contribution is 2.30. The quantitative estimate of drug-likeness (QED) is 0.785. The molecule has 118 valence electrons. The number of carbonyl (C=O) groups excluding carboxylic acids is 1. The van der Waals surface area contributed by atoms with Crippen molar-refractivity contribution in [1.82, 2.24) is 10.3 Å². The maximum Gasteiger partial charge on any atom is 0.265 e. The number of hydrogen-bond donors (Lipinski definition) is 2. The average Bonchev–Trinajstić information content (AvgIpc) is 3.07. The Morgan fingerprint density at radius 1 is 1.43 bits per heavy atom. The molecule has 1 amide bonds. The van der Waals surface area contributed by atoms with Crippen molar-refractivity contribution in [2.75, 3.05) is 41.8 Å². The maximum atomic E-state index is 12.0. The van der Waals surface area contributed by atoms with Crippen LogP contribution in [-0.2, 0) is 9.84 Å². The van der Waals surface area contributed by atoms with E-state index in [4.69, 9.17) is 5.73 Å². The molecule has 0 radical (unpaired) electrons. The number of nitrogens with zero attached hydrogens (tertiary/aromatic N) is 2. The molecular weight excluding hydrogens is 312 g/mol. The van der Waals surface area contributed by atoms with E-state index in [1.54, 1.807) is 6.92 Å². The van der Waals surface area contributed by atoms with Crippen LogP contribution in [0.1, 0.15) is 29.4 Å². The van der Waals surface area contributed by atoms with E-state index in [2.05, 4.69) is 15.2 Å². The molecule has 0 spiro atoms. The number of hydrogen-bond acceptors (Lipinski definition) is 7. The molecule has 9 heteroatoms. The number of nitrogens with two attached hydrogens (primary N) is 1. The summed E-state index contributed by atoms with van der Waals surface area (Å²) in [5, 5.41) is 3.35. The normalized spacial score (nSPS) is 15.4. The molecule has 2 heterocycles. The van der Waals surface area contributed by atoms with E-state index in [9.17, 15) is 13.2 Å². The summed E-state index contributed by atoms with van der Waals surface area (Å²) in [6, 6.07) is 0. The van der Waals surface area contributed by atoms with Gasteiger partial charge in [0.1, 0.15) is 10.7 Å². The number of thiazole rings is 1. The molecule has 1 aliphatic rings. The van der Waals surface area contributed by atoms with E-state index in [0.29, 0.717) is 4.88 Å². The van der Waals surface area contributed by atoms with E-state index in [1.807, 2.05) is 0 Å². The minimum Gasteiger partial charge on any atom is -0.382 e. The lowest BCUT2D eigenvalue weighted by Crippen LogP contribution is -2.29. The third kappa shape index (κ3) is 4.07. The van der Waals surface area contributed by atoms with Crippen LogP contribution in [0.25, 0.3) is 0 Å². The van der Waals surface area contributed by atoms with Crippen LogP contribution in [0.15, 0.2) is 0 Å². The molecule has 1 aromatic heterocycles. The molecule has 3 N–H and O–H groups in total. The smallest absolute Gasteiger partial charge is 0.265 e. The number of rotatable bonds is 6. The van der Waals surface area contributed by atoms with E-state index >= 15 is 0 Å². The molecule has 1 fully saturated rings. The Hall–Kier alpha value is -1.35. The van der Waals surface area contributed by atoms with Gasteiger partial charge in [-0.3, -0.25) is 4.79 Å². The summed E-state index contributed by atoms with van der Waals surface area (Å²) in [6.45, 7) is 3.54. The van der Waals surface area contributed by atoms with Crippen LogP contribution < -0.4 is 16.0 Å². The molecule has 0 aromatic carbocycles. The molecule has 1 saturated heterocycles. The van der Waals surface area contributed by atoms with Gasteiger partial charge < -0.3 is 16.0 Å². The third-order valence-corrected chi connectivity index (χ3v) is 6.20. The van der Waals surface area contributed by atoms with E-state index in [-0.39, 0.29) is 29.8 Å². The fourth-order valence-electron chi connectivity index (χ4n) is 2.07. The Morgan fingerprint density at radius 3 is 2.71 bits per heavy atom. The summed E-state index contributed by atoms with van der Waals surface area (Å²) in [7, 11) is -3.08. The van der Waals surface area contributed by atoms with Crippen molar-refractivity contribution in [1.29, 1.82) is 0 Å². The van der Waals surface area contributed by atoms with Gasteiger partial charge in [0.25, 0.3) is 5.91 Å². The highest BCUT2D eigenvalue weighted by Gasteiger charge is 2.21. The molecule has 0 atom stereocenters. The molecule has 21 heavy (non-hydrogen) atoms.